The summed E-state index contributed by atoms with van der Waals surface area (Å²) in [6, 6.07) is 9.66. The fraction of sp³-hybridized carbons (Fsp3) is 0.333. The van der Waals surface area contributed by atoms with E-state index < -0.39 is 5.91 Å². The van der Waals surface area contributed by atoms with Crippen LogP contribution in [0.25, 0.3) is 0 Å². The SMILES string of the molecule is COc1ccc(Cn2nc(CC(N)=O)nc2C(C)Cn2cccn2)cc1. The standard InChI is InChI=1S/C18H22N6O2/c1-13(11-23-9-3-8-20-23)18-21-17(10-16(19)25)22-24(18)12-14-4-6-15(26-2)7-5-14/h3-9,13H,10-12H2,1-2H3,(H2,19,25). The van der Waals surface area contributed by atoms with Crippen molar-refractivity contribution in [3.63, 3.8) is 0 Å². The summed E-state index contributed by atoms with van der Waals surface area (Å²) in [5.41, 5.74) is 6.36. The zero-order valence-electron chi connectivity index (χ0n) is 14.9. The topological polar surface area (TPSA) is 101 Å². The number of carbonyl (C=O) groups is 1. The minimum absolute atomic E-state index is 0.0249. The lowest BCUT2D eigenvalue weighted by molar-refractivity contribution is -0.117. The highest BCUT2D eigenvalue weighted by atomic mass is 16.5. The molecule has 0 saturated heterocycles. The number of hydrogen-bond donors (Lipinski definition) is 1. The predicted octanol–water partition coefficient (Wildman–Crippen LogP) is 1.36. The highest BCUT2D eigenvalue weighted by Crippen LogP contribution is 2.18. The first-order valence-corrected chi connectivity index (χ1v) is 8.37. The Kier molecular flexibility index (Phi) is 5.31. The number of hydrogen-bond acceptors (Lipinski definition) is 5. The number of primary amides is 1. The van der Waals surface area contributed by atoms with Crippen LogP contribution in [-0.2, 0) is 24.3 Å². The molecule has 2 heterocycles. The number of ether oxygens (including phenoxy) is 1. The molecule has 2 N–H and O–H groups in total. The molecule has 8 nitrogen and oxygen atoms in total. The Morgan fingerprint density at radius 2 is 2.08 bits per heavy atom. The third kappa shape index (κ3) is 4.27. The highest BCUT2D eigenvalue weighted by molar-refractivity contribution is 5.75. The third-order valence-corrected chi connectivity index (χ3v) is 4.03. The summed E-state index contributed by atoms with van der Waals surface area (Å²) in [4.78, 5) is 15.8. The van der Waals surface area contributed by atoms with Crippen LogP contribution in [0.15, 0.2) is 42.7 Å². The van der Waals surface area contributed by atoms with Crippen LogP contribution in [0.2, 0.25) is 0 Å². The molecule has 1 atom stereocenters. The monoisotopic (exact) mass is 354 g/mol. The second-order valence-corrected chi connectivity index (χ2v) is 6.16. The van der Waals surface area contributed by atoms with Gasteiger partial charge in [-0.15, -0.1) is 0 Å². The van der Waals surface area contributed by atoms with Gasteiger partial charge in [-0.3, -0.25) is 9.48 Å². The summed E-state index contributed by atoms with van der Waals surface area (Å²) < 4.78 is 8.87. The summed E-state index contributed by atoms with van der Waals surface area (Å²) in [5, 5.41) is 8.72. The number of nitrogens with zero attached hydrogens (tertiary/aromatic N) is 5. The van der Waals surface area contributed by atoms with E-state index in [1.54, 1.807) is 13.3 Å². The van der Waals surface area contributed by atoms with Gasteiger partial charge in [0.2, 0.25) is 5.91 Å². The van der Waals surface area contributed by atoms with Gasteiger partial charge in [-0.25, -0.2) is 9.67 Å². The molecule has 136 valence electrons. The molecule has 0 saturated carbocycles. The molecule has 0 bridgehead atoms. The lowest BCUT2D eigenvalue weighted by atomic mass is 10.1. The van der Waals surface area contributed by atoms with Crippen LogP contribution in [0.1, 0.15) is 30.1 Å². The number of amides is 1. The van der Waals surface area contributed by atoms with Crippen LogP contribution < -0.4 is 10.5 Å². The van der Waals surface area contributed by atoms with Gasteiger partial charge in [-0.1, -0.05) is 19.1 Å². The summed E-state index contributed by atoms with van der Waals surface area (Å²) in [6.07, 6.45) is 3.68. The van der Waals surface area contributed by atoms with E-state index in [0.29, 0.717) is 18.9 Å². The zero-order valence-corrected chi connectivity index (χ0v) is 14.9. The fourth-order valence-corrected chi connectivity index (χ4v) is 2.79. The van der Waals surface area contributed by atoms with Crippen molar-refractivity contribution in [3.05, 3.63) is 59.9 Å². The van der Waals surface area contributed by atoms with Crippen LogP contribution in [0.5, 0.6) is 5.75 Å². The van der Waals surface area contributed by atoms with Crippen molar-refractivity contribution in [2.24, 2.45) is 5.73 Å². The summed E-state index contributed by atoms with van der Waals surface area (Å²) in [7, 11) is 1.64. The van der Waals surface area contributed by atoms with E-state index in [1.807, 2.05) is 45.9 Å². The lowest BCUT2D eigenvalue weighted by Gasteiger charge is -2.13. The van der Waals surface area contributed by atoms with Gasteiger partial charge >= 0.3 is 0 Å². The van der Waals surface area contributed by atoms with Crippen molar-refractivity contribution in [2.75, 3.05) is 7.11 Å². The number of aromatic nitrogens is 5. The third-order valence-electron chi connectivity index (χ3n) is 4.03. The van der Waals surface area contributed by atoms with E-state index in [-0.39, 0.29) is 12.3 Å². The summed E-state index contributed by atoms with van der Waals surface area (Å²) in [6.45, 7) is 3.28. The molecule has 2 aromatic heterocycles. The molecule has 0 radical (unpaired) electrons. The molecule has 8 heteroatoms. The van der Waals surface area contributed by atoms with Crippen LogP contribution in [0.4, 0.5) is 0 Å². The van der Waals surface area contributed by atoms with Gasteiger partial charge in [0, 0.05) is 18.3 Å². The quantitative estimate of drug-likeness (QED) is 0.658. The maximum atomic E-state index is 11.2. The van der Waals surface area contributed by atoms with E-state index in [2.05, 4.69) is 22.1 Å². The Bertz CT molecular complexity index is 854. The molecule has 0 fully saturated rings. The second-order valence-electron chi connectivity index (χ2n) is 6.16. The normalized spacial score (nSPS) is 12.1. The smallest absolute Gasteiger partial charge is 0.225 e. The molecule has 1 unspecified atom stereocenters. The molecule has 26 heavy (non-hydrogen) atoms. The van der Waals surface area contributed by atoms with Crippen LogP contribution in [0.3, 0.4) is 0 Å². The van der Waals surface area contributed by atoms with Crippen molar-refractivity contribution < 1.29 is 9.53 Å². The summed E-state index contributed by atoms with van der Waals surface area (Å²) >= 11 is 0. The van der Waals surface area contributed by atoms with E-state index >= 15 is 0 Å². The maximum Gasteiger partial charge on any atom is 0.225 e. The van der Waals surface area contributed by atoms with Gasteiger partial charge in [-0.05, 0) is 23.8 Å². The number of carbonyl (C=O) groups excluding carboxylic acids is 1. The van der Waals surface area contributed by atoms with Gasteiger partial charge in [0.1, 0.15) is 11.6 Å². The average Bonchev–Trinajstić information content (AvgIpc) is 3.25. The van der Waals surface area contributed by atoms with Crippen molar-refractivity contribution in [1.82, 2.24) is 24.5 Å². The zero-order chi connectivity index (χ0) is 18.5. The number of rotatable bonds is 8. The number of benzene rings is 1. The minimum Gasteiger partial charge on any atom is -0.497 e. The largest absolute Gasteiger partial charge is 0.497 e. The molecule has 0 aliphatic heterocycles. The first-order valence-electron chi connectivity index (χ1n) is 8.37. The number of nitrogens with two attached hydrogens (primary N) is 1. The molecule has 0 spiro atoms. The Balaban J connectivity index is 1.85. The van der Waals surface area contributed by atoms with Crippen LogP contribution in [0, 0.1) is 0 Å². The van der Waals surface area contributed by atoms with Gasteiger partial charge < -0.3 is 10.5 Å². The average molecular weight is 354 g/mol. The molecule has 1 amide bonds. The second kappa shape index (κ2) is 7.81. The highest BCUT2D eigenvalue weighted by Gasteiger charge is 2.18. The van der Waals surface area contributed by atoms with Crippen molar-refractivity contribution in [2.45, 2.75) is 32.4 Å². The van der Waals surface area contributed by atoms with E-state index in [0.717, 1.165) is 17.1 Å². The fourth-order valence-electron chi connectivity index (χ4n) is 2.79. The van der Waals surface area contributed by atoms with Gasteiger partial charge in [-0.2, -0.15) is 10.2 Å². The molecular weight excluding hydrogens is 332 g/mol. The molecule has 1 aromatic carbocycles. The van der Waals surface area contributed by atoms with E-state index in [9.17, 15) is 4.79 Å². The molecule has 0 aliphatic rings. The van der Waals surface area contributed by atoms with Crippen molar-refractivity contribution in [1.29, 1.82) is 0 Å². The van der Waals surface area contributed by atoms with Crippen LogP contribution >= 0.6 is 0 Å². The van der Waals surface area contributed by atoms with E-state index in [1.165, 1.54) is 0 Å². The number of methoxy groups -OCH3 is 1. The van der Waals surface area contributed by atoms with Crippen LogP contribution in [-0.4, -0.2) is 37.6 Å². The maximum absolute atomic E-state index is 11.2. The first-order chi connectivity index (χ1) is 12.5. The van der Waals surface area contributed by atoms with Crippen molar-refractivity contribution in [3.8, 4) is 5.75 Å². The van der Waals surface area contributed by atoms with Gasteiger partial charge in [0.15, 0.2) is 5.82 Å². The predicted molar refractivity (Wildman–Crippen MR) is 95.7 cm³/mol. The van der Waals surface area contributed by atoms with Gasteiger partial charge in [0.05, 0.1) is 26.6 Å². The Morgan fingerprint density at radius 1 is 1.31 bits per heavy atom. The molecule has 3 aromatic rings. The summed E-state index contributed by atoms with van der Waals surface area (Å²) in [5.74, 6) is 1.66. The molecular formula is C18H22N6O2. The van der Waals surface area contributed by atoms with Gasteiger partial charge in [0.25, 0.3) is 0 Å². The Morgan fingerprint density at radius 3 is 2.69 bits per heavy atom. The minimum atomic E-state index is -0.446. The lowest BCUT2D eigenvalue weighted by Crippen LogP contribution is -2.15. The Labute approximate surface area is 151 Å². The molecule has 0 aliphatic carbocycles. The van der Waals surface area contributed by atoms with Crippen molar-refractivity contribution >= 4 is 5.91 Å². The first kappa shape index (κ1) is 17.7. The Hall–Kier alpha value is -3.16. The van der Waals surface area contributed by atoms with E-state index in [4.69, 9.17) is 10.5 Å². The molecule has 3 rings (SSSR count).